The van der Waals surface area contributed by atoms with E-state index in [1.54, 1.807) is 12.1 Å². The monoisotopic (exact) mass is 525 g/mol. The number of likely N-dealkylation sites (tertiary alicyclic amines) is 1. The first-order valence-corrected chi connectivity index (χ1v) is 14.4. The first kappa shape index (κ1) is 27.1. The summed E-state index contributed by atoms with van der Waals surface area (Å²) < 4.78 is 22.6. The van der Waals surface area contributed by atoms with Gasteiger partial charge in [-0.25, -0.2) is 9.37 Å². The van der Waals surface area contributed by atoms with Crippen LogP contribution in [0.1, 0.15) is 68.5 Å². The van der Waals surface area contributed by atoms with Gasteiger partial charge in [-0.05, 0) is 74.0 Å². The van der Waals surface area contributed by atoms with Crippen molar-refractivity contribution in [2.24, 2.45) is 0 Å². The zero-order chi connectivity index (χ0) is 27.4. The molecular formula is C34H40FN3O. The Morgan fingerprint density at radius 2 is 1.67 bits per heavy atom. The fourth-order valence-corrected chi connectivity index (χ4v) is 6.18. The largest absolute Gasteiger partial charge is 0.494 e. The third-order valence-electron chi connectivity index (χ3n) is 8.19. The number of imidazole rings is 1. The van der Waals surface area contributed by atoms with Crippen molar-refractivity contribution >= 4 is 0 Å². The van der Waals surface area contributed by atoms with Crippen LogP contribution in [0.3, 0.4) is 0 Å². The molecule has 1 aliphatic heterocycles. The Bertz CT molecular complexity index is 1390. The number of methoxy groups -OCH3 is 1. The number of nitrogens with zero attached hydrogens (tertiary/aromatic N) is 3. The second kappa shape index (κ2) is 12.2. The lowest BCUT2D eigenvalue weighted by Crippen LogP contribution is -2.33. The average molecular weight is 526 g/mol. The molecular weight excluding hydrogens is 485 g/mol. The maximum absolute atomic E-state index is 15.0. The zero-order valence-corrected chi connectivity index (χ0v) is 23.7. The molecule has 1 fully saturated rings. The van der Waals surface area contributed by atoms with Crippen LogP contribution < -0.4 is 4.74 Å². The molecule has 3 aromatic carbocycles. The molecule has 1 saturated heterocycles. The summed E-state index contributed by atoms with van der Waals surface area (Å²) in [5.41, 5.74) is 7.98. The Kier molecular flexibility index (Phi) is 8.47. The Morgan fingerprint density at radius 3 is 2.31 bits per heavy atom. The van der Waals surface area contributed by atoms with E-state index in [2.05, 4.69) is 78.8 Å². The third kappa shape index (κ3) is 5.38. The minimum atomic E-state index is -0.364. The van der Waals surface area contributed by atoms with Crippen molar-refractivity contribution in [2.75, 3.05) is 13.7 Å². The molecule has 0 bridgehead atoms. The van der Waals surface area contributed by atoms with Crippen molar-refractivity contribution in [3.63, 3.8) is 0 Å². The van der Waals surface area contributed by atoms with Gasteiger partial charge in [-0.3, -0.25) is 4.90 Å². The summed E-state index contributed by atoms with van der Waals surface area (Å²) in [7, 11) is 1.50. The van der Waals surface area contributed by atoms with E-state index >= 15 is 0 Å². The molecule has 1 unspecified atom stereocenters. The van der Waals surface area contributed by atoms with Gasteiger partial charge in [0, 0.05) is 30.3 Å². The summed E-state index contributed by atoms with van der Waals surface area (Å²) in [5.74, 6) is 0.874. The lowest BCUT2D eigenvalue weighted by atomic mass is 9.95. The fourth-order valence-electron chi connectivity index (χ4n) is 6.18. The van der Waals surface area contributed by atoms with E-state index in [1.165, 1.54) is 42.2 Å². The number of aryl methyl sites for hydroxylation is 2. The van der Waals surface area contributed by atoms with E-state index < -0.39 is 0 Å². The number of aromatic nitrogens is 2. The summed E-state index contributed by atoms with van der Waals surface area (Å²) in [5, 5.41) is 0. The quantitative estimate of drug-likeness (QED) is 0.220. The molecule has 1 atom stereocenters. The average Bonchev–Trinajstić information content (AvgIpc) is 3.34. The molecule has 0 amide bonds. The van der Waals surface area contributed by atoms with Gasteiger partial charge in [-0.15, -0.1) is 0 Å². The van der Waals surface area contributed by atoms with Crippen LogP contribution in [0.2, 0.25) is 0 Å². The smallest absolute Gasteiger partial charge is 0.165 e. The zero-order valence-electron chi connectivity index (χ0n) is 23.7. The van der Waals surface area contributed by atoms with Crippen molar-refractivity contribution in [1.29, 1.82) is 0 Å². The first-order valence-electron chi connectivity index (χ1n) is 14.4. The molecule has 4 aromatic rings. The molecule has 204 valence electrons. The Labute approximate surface area is 232 Å². The second-order valence-corrected chi connectivity index (χ2v) is 10.4. The summed E-state index contributed by atoms with van der Waals surface area (Å²) in [6.07, 6.45) is 5.42. The SMILES string of the molecule is CCc1cccc(CC)c1-c1nc(-c2ccc(OC)c(F)c2)c(CN2CCCCC2c2ccccc2)n1CC. The lowest BCUT2D eigenvalue weighted by molar-refractivity contribution is 0.137. The molecule has 5 rings (SSSR count). The number of benzene rings is 3. The predicted octanol–water partition coefficient (Wildman–Crippen LogP) is 8.24. The van der Waals surface area contributed by atoms with Gasteiger partial charge in [0.1, 0.15) is 5.82 Å². The molecule has 0 aliphatic carbocycles. The minimum Gasteiger partial charge on any atom is -0.494 e. The van der Waals surface area contributed by atoms with E-state index in [9.17, 15) is 4.39 Å². The molecule has 0 saturated carbocycles. The highest BCUT2D eigenvalue weighted by atomic mass is 19.1. The van der Waals surface area contributed by atoms with E-state index in [-0.39, 0.29) is 11.6 Å². The maximum Gasteiger partial charge on any atom is 0.165 e. The van der Waals surface area contributed by atoms with Gasteiger partial charge in [-0.1, -0.05) is 68.8 Å². The molecule has 2 heterocycles. The maximum atomic E-state index is 15.0. The predicted molar refractivity (Wildman–Crippen MR) is 157 cm³/mol. The van der Waals surface area contributed by atoms with Crippen molar-refractivity contribution in [3.05, 3.63) is 94.9 Å². The van der Waals surface area contributed by atoms with Gasteiger partial charge in [0.25, 0.3) is 0 Å². The molecule has 4 nitrogen and oxygen atoms in total. The van der Waals surface area contributed by atoms with Gasteiger partial charge < -0.3 is 9.30 Å². The van der Waals surface area contributed by atoms with Crippen molar-refractivity contribution in [3.8, 4) is 28.4 Å². The van der Waals surface area contributed by atoms with E-state index in [0.717, 1.165) is 61.7 Å². The van der Waals surface area contributed by atoms with Crippen LogP contribution in [0.25, 0.3) is 22.6 Å². The van der Waals surface area contributed by atoms with Gasteiger partial charge in [0.15, 0.2) is 11.6 Å². The lowest BCUT2D eigenvalue weighted by Gasteiger charge is -2.36. The van der Waals surface area contributed by atoms with Crippen molar-refractivity contribution < 1.29 is 9.13 Å². The summed E-state index contributed by atoms with van der Waals surface area (Å²) in [6.45, 7) is 9.19. The molecule has 1 aliphatic rings. The number of piperidine rings is 1. The van der Waals surface area contributed by atoms with Gasteiger partial charge in [-0.2, -0.15) is 0 Å². The number of ether oxygens (including phenoxy) is 1. The van der Waals surface area contributed by atoms with Crippen molar-refractivity contribution in [2.45, 2.75) is 72.0 Å². The van der Waals surface area contributed by atoms with E-state index in [4.69, 9.17) is 9.72 Å². The third-order valence-corrected chi connectivity index (χ3v) is 8.19. The highest BCUT2D eigenvalue weighted by Crippen LogP contribution is 2.38. The van der Waals surface area contributed by atoms with E-state index in [0.29, 0.717) is 6.04 Å². The Morgan fingerprint density at radius 1 is 0.923 bits per heavy atom. The van der Waals surface area contributed by atoms with Crippen LogP contribution in [-0.4, -0.2) is 28.1 Å². The molecule has 5 heteroatoms. The van der Waals surface area contributed by atoms with Crippen LogP contribution in [0.5, 0.6) is 5.75 Å². The summed E-state index contributed by atoms with van der Waals surface area (Å²) in [6, 6.07) is 23.0. The summed E-state index contributed by atoms with van der Waals surface area (Å²) in [4.78, 5) is 7.93. The van der Waals surface area contributed by atoms with E-state index in [1.807, 2.05) is 6.07 Å². The fraction of sp³-hybridized carbons (Fsp3) is 0.382. The summed E-state index contributed by atoms with van der Waals surface area (Å²) >= 11 is 0. The van der Waals surface area contributed by atoms with Crippen LogP contribution in [-0.2, 0) is 25.9 Å². The molecule has 0 radical (unpaired) electrons. The van der Waals surface area contributed by atoms with Crippen LogP contribution in [0.4, 0.5) is 4.39 Å². The van der Waals surface area contributed by atoms with Crippen LogP contribution in [0, 0.1) is 5.82 Å². The second-order valence-electron chi connectivity index (χ2n) is 10.4. The Hall–Kier alpha value is -3.44. The van der Waals surface area contributed by atoms with Crippen LogP contribution in [0.15, 0.2) is 66.7 Å². The number of rotatable bonds is 9. The number of halogens is 1. The number of hydrogen-bond donors (Lipinski definition) is 0. The van der Waals surface area contributed by atoms with Gasteiger partial charge in [0.05, 0.1) is 18.5 Å². The van der Waals surface area contributed by atoms with Gasteiger partial charge >= 0.3 is 0 Å². The molecule has 0 N–H and O–H groups in total. The molecule has 1 aromatic heterocycles. The van der Waals surface area contributed by atoms with Gasteiger partial charge in [0.2, 0.25) is 0 Å². The van der Waals surface area contributed by atoms with Crippen LogP contribution >= 0.6 is 0 Å². The molecule has 39 heavy (non-hydrogen) atoms. The highest BCUT2D eigenvalue weighted by molar-refractivity contribution is 5.72. The first-order chi connectivity index (χ1) is 19.1. The van der Waals surface area contributed by atoms with Crippen molar-refractivity contribution in [1.82, 2.24) is 14.5 Å². The molecule has 0 spiro atoms. The topological polar surface area (TPSA) is 30.3 Å². The minimum absolute atomic E-state index is 0.250. The standard InChI is InChI=1S/C34H40FN3O/c1-5-24-16-13-17-25(6-2)32(24)34-36-33(27-19-20-31(39-4)28(35)22-27)30(38(34)7-3)23-37-21-12-11-18-29(37)26-14-9-8-10-15-26/h8-10,13-17,19-20,22,29H,5-7,11-12,18,21,23H2,1-4H3. The normalized spacial score (nSPS) is 16.0. The highest BCUT2D eigenvalue weighted by Gasteiger charge is 2.29. The Balaban J connectivity index is 1.69. The number of hydrogen-bond acceptors (Lipinski definition) is 3.